The van der Waals surface area contributed by atoms with Gasteiger partial charge in [0, 0.05) is 17.4 Å². The van der Waals surface area contributed by atoms with E-state index >= 15 is 0 Å². The molecule has 0 bridgehead atoms. The molecule has 1 aliphatic carbocycles. The van der Waals surface area contributed by atoms with E-state index in [-0.39, 0.29) is 11.5 Å². The molecule has 2 N–H and O–H groups in total. The van der Waals surface area contributed by atoms with Gasteiger partial charge in [-0.25, -0.2) is 12.8 Å². The summed E-state index contributed by atoms with van der Waals surface area (Å²) >= 11 is 0. The Balaban J connectivity index is 2.80. The number of benzene rings is 1. The van der Waals surface area contributed by atoms with Gasteiger partial charge in [0.2, 0.25) is 0 Å². The summed E-state index contributed by atoms with van der Waals surface area (Å²) in [5.74, 6) is -0.812. The molecule has 1 aromatic rings. The second kappa shape index (κ2) is 4.35. The molecular weight excluding hydrogens is 273 g/mol. The van der Waals surface area contributed by atoms with Gasteiger partial charge < -0.3 is 15.2 Å². The van der Waals surface area contributed by atoms with Crippen molar-refractivity contribution in [2.45, 2.75) is 23.3 Å². The fourth-order valence-corrected chi connectivity index (χ4v) is 3.03. The monoisotopic (exact) mass is 289 g/mol. The normalized spacial score (nSPS) is 17.1. The predicted molar refractivity (Wildman–Crippen MR) is 67.7 cm³/mol. The lowest BCUT2D eigenvalue weighted by Gasteiger charge is -2.19. The van der Waals surface area contributed by atoms with E-state index in [1.54, 1.807) is 0 Å². The van der Waals surface area contributed by atoms with E-state index < -0.39 is 26.1 Å². The Bertz CT molecular complexity index is 623. The first-order valence-corrected chi connectivity index (χ1v) is 7.57. The summed E-state index contributed by atoms with van der Waals surface area (Å²) in [6.45, 7) is 0. The summed E-state index contributed by atoms with van der Waals surface area (Å²) < 4.78 is 47.7. The molecule has 106 valence electrons. The fourth-order valence-electron chi connectivity index (χ4n) is 2.10. The topological polar surface area (TPSA) is 78.6 Å². The Kier molecular flexibility index (Phi) is 3.22. The third kappa shape index (κ3) is 2.28. The van der Waals surface area contributed by atoms with Crippen LogP contribution >= 0.6 is 0 Å². The van der Waals surface area contributed by atoms with Crippen LogP contribution in [0.15, 0.2) is 11.0 Å². The van der Waals surface area contributed by atoms with Crippen LogP contribution in [0.4, 0.5) is 4.39 Å². The fraction of sp³-hybridized carbons (Fsp3) is 0.500. The van der Waals surface area contributed by atoms with Gasteiger partial charge in [-0.1, -0.05) is 0 Å². The van der Waals surface area contributed by atoms with E-state index in [4.69, 9.17) is 15.2 Å². The van der Waals surface area contributed by atoms with Crippen molar-refractivity contribution in [2.75, 3.05) is 20.5 Å². The van der Waals surface area contributed by atoms with Crippen LogP contribution < -0.4 is 15.2 Å². The Labute approximate surface area is 111 Å². The second-order valence-corrected chi connectivity index (χ2v) is 6.68. The molecule has 0 saturated heterocycles. The Morgan fingerprint density at radius 3 is 2.16 bits per heavy atom. The lowest BCUT2D eigenvalue weighted by molar-refractivity contribution is 0.335. The molecule has 1 aromatic carbocycles. The van der Waals surface area contributed by atoms with Crippen molar-refractivity contribution in [3.05, 3.63) is 17.4 Å². The molecule has 0 aromatic heterocycles. The van der Waals surface area contributed by atoms with Crippen LogP contribution in [-0.4, -0.2) is 28.9 Å². The van der Waals surface area contributed by atoms with Crippen molar-refractivity contribution in [1.82, 2.24) is 0 Å². The predicted octanol–water partition coefficient (Wildman–Crippen LogP) is 1.19. The maximum atomic E-state index is 14.1. The van der Waals surface area contributed by atoms with Crippen LogP contribution in [-0.2, 0) is 15.4 Å². The van der Waals surface area contributed by atoms with Crippen LogP contribution in [0.1, 0.15) is 18.4 Å². The van der Waals surface area contributed by atoms with Crippen LogP contribution in [0.2, 0.25) is 0 Å². The summed E-state index contributed by atoms with van der Waals surface area (Å²) in [6.07, 6.45) is 2.32. The molecule has 0 heterocycles. The maximum Gasteiger partial charge on any atom is 0.182 e. The first-order chi connectivity index (χ1) is 8.74. The molecule has 1 fully saturated rings. The highest BCUT2D eigenvalue weighted by Gasteiger charge is 2.44. The minimum atomic E-state index is -3.77. The summed E-state index contributed by atoms with van der Waals surface area (Å²) in [4.78, 5) is -0.500. The number of sulfone groups is 1. The highest BCUT2D eigenvalue weighted by molar-refractivity contribution is 7.90. The van der Waals surface area contributed by atoms with E-state index in [0.29, 0.717) is 18.4 Å². The second-order valence-electron chi connectivity index (χ2n) is 4.73. The van der Waals surface area contributed by atoms with E-state index in [1.807, 2.05) is 0 Å². The lowest BCUT2D eigenvalue weighted by Crippen LogP contribution is -2.21. The van der Waals surface area contributed by atoms with Crippen molar-refractivity contribution >= 4 is 9.84 Å². The van der Waals surface area contributed by atoms with Gasteiger partial charge in [-0.3, -0.25) is 0 Å². The van der Waals surface area contributed by atoms with Crippen LogP contribution in [0.25, 0.3) is 0 Å². The molecule has 7 heteroatoms. The minimum absolute atomic E-state index is 0.128. The van der Waals surface area contributed by atoms with Gasteiger partial charge in [-0.2, -0.15) is 0 Å². The number of hydrogen-bond donors (Lipinski definition) is 1. The van der Waals surface area contributed by atoms with Gasteiger partial charge in [-0.15, -0.1) is 0 Å². The lowest BCUT2D eigenvalue weighted by atomic mass is 10.0. The third-order valence-electron chi connectivity index (χ3n) is 3.25. The minimum Gasteiger partial charge on any atom is -0.492 e. The van der Waals surface area contributed by atoms with E-state index in [1.165, 1.54) is 14.2 Å². The smallest absolute Gasteiger partial charge is 0.182 e. The number of methoxy groups -OCH3 is 2. The van der Waals surface area contributed by atoms with Crippen LogP contribution in [0.5, 0.6) is 11.5 Å². The molecule has 0 spiro atoms. The summed E-state index contributed by atoms with van der Waals surface area (Å²) in [5.41, 5.74) is 5.83. The van der Waals surface area contributed by atoms with Gasteiger partial charge in [-0.05, 0) is 18.9 Å². The van der Waals surface area contributed by atoms with Crippen molar-refractivity contribution in [1.29, 1.82) is 0 Å². The van der Waals surface area contributed by atoms with E-state index in [9.17, 15) is 12.8 Å². The van der Waals surface area contributed by atoms with Gasteiger partial charge in [0.15, 0.2) is 21.3 Å². The molecule has 0 unspecified atom stereocenters. The highest BCUT2D eigenvalue weighted by Crippen LogP contribution is 2.51. The average molecular weight is 289 g/mol. The molecule has 19 heavy (non-hydrogen) atoms. The Morgan fingerprint density at radius 2 is 1.79 bits per heavy atom. The molecule has 0 atom stereocenters. The largest absolute Gasteiger partial charge is 0.492 e. The first-order valence-electron chi connectivity index (χ1n) is 5.68. The number of nitrogens with two attached hydrogens (primary N) is 1. The zero-order chi connectivity index (χ0) is 14.4. The van der Waals surface area contributed by atoms with Gasteiger partial charge in [0.1, 0.15) is 10.7 Å². The number of hydrogen-bond acceptors (Lipinski definition) is 5. The molecule has 1 aliphatic rings. The zero-order valence-corrected chi connectivity index (χ0v) is 11.8. The molecule has 2 rings (SSSR count). The molecule has 0 amide bonds. The van der Waals surface area contributed by atoms with Crippen molar-refractivity contribution < 1.29 is 22.3 Å². The van der Waals surface area contributed by atoms with E-state index in [0.717, 1.165) is 12.3 Å². The van der Waals surface area contributed by atoms with Gasteiger partial charge >= 0.3 is 0 Å². The molecular formula is C12H16FNO4S. The van der Waals surface area contributed by atoms with Crippen molar-refractivity contribution in [3.8, 4) is 11.5 Å². The Hall–Kier alpha value is -1.34. The number of rotatable bonds is 4. The molecule has 0 radical (unpaired) electrons. The standard InChI is InChI=1S/C12H16FNO4S/c1-17-9-7(12(14)4-5-12)6-8(13)11(10(9)18-2)19(3,15)16/h6H,4-5,14H2,1-3H3. The third-order valence-corrected chi connectivity index (χ3v) is 4.37. The summed E-state index contributed by atoms with van der Waals surface area (Å²) in [7, 11) is -1.13. The summed E-state index contributed by atoms with van der Waals surface area (Å²) in [5, 5.41) is 0. The highest BCUT2D eigenvalue weighted by atomic mass is 32.2. The SMILES string of the molecule is COc1c(C2(N)CC2)cc(F)c(S(C)(=O)=O)c1OC. The van der Waals surface area contributed by atoms with Gasteiger partial charge in [0.05, 0.1) is 14.2 Å². The Morgan fingerprint density at radius 1 is 1.26 bits per heavy atom. The van der Waals surface area contributed by atoms with Crippen molar-refractivity contribution in [3.63, 3.8) is 0 Å². The van der Waals surface area contributed by atoms with Crippen LogP contribution in [0, 0.1) is 5.82 Å². The maximum absolute atomic E-state index is 14.1. The van der Waals surface area contributed by atoms with Crippen molar-refractivity contribution in [2.24, 2.45) is 5.73 Å². The first kappa shape index (κ1) is 14.1. The van der Waals surface area contributed by atoms with E-state index in [2.05, 4.69) is 0 Å². The quantitative estimate of drug-likeness (QED) is 0.901. The average Bonchev–Trinajstić information content (AvgIpc) is 3.05. The van der Waals surface area contributed by atoms with Crippen LogP contribution in [0.3, 0.4) is 0 Å². The molecule has 0 aliphatic heterocycles. The van der Waals surface area contributed by atoms with Gasteiger partial charge in [0.25, 0.3) is 0 Å². The number of ether oxygens (including phenoxy) is 2. The number of halogens is 1. The summed E-state index contributed by atoms with van der Waals surface area (Å²) in [6, 6.07) is 1.13. The molecule has 5 nitrogen and oxygen atoms in total. The molecule has 1 saturated carbocycles. The zero-order valence-electron chi connectivity index (χ0n) is 11.0.